The zero-order valence-electron chi connectivity index (χ0n) is 17.9. The zero-order chi connectivity index (χ0) is 21.7. The molecule has 0 spiro atoms. The maximum atomic E-state index is 13.2. The van der Waals surface area contributed by atoms with Crippen LogP contribution in [0.15, 0.2) is 53.4 Å². The van der Waals surface area contributed by atoms with Crippen LogP contribution in [0.25, 0.3) is 0 Å². The van der Waals surface area contributed by atoms with Gasteiger partial charge in [0.2, 0.25) is 10.0 Å². The van der Waals surface area contributed by atoms with Crippen molar-refractivity contribution in [3.63, 3.8) is 0 Å². The van der Waals surface area contributed by atoms with Crippen molar-refractivity contribution in [2.45, 2.75) is 49.8 Å². The van der Waals surface area contributed by atoms with Gasteiger partial charge in [0.15, 0.2) is 0 Å². The normalized spacial score (nSPS) is 18.4. The van der Waals surface area contributed by atoms with Crippen molar-refractivity contribution in [1.29, 1.82) is 0 Å². The second-order valence-corrected chi connectivity index (χ2v) is 10.3. The average Bonchev–Trinajstić information content (AvgIpc) is 3.10. The van der Waals surface area contributed by atoms with Crippen LogP contribution in [0.2, 0.25) is 0 Å². The van der Waals surface area contributed by atoms with Gasteiger partial charge in [-0.3, -0.25) is 4.79 Å². The molecule has 0 radical (unpaired) electrons. The van der Waals surface area contributed by atoms with Crippen LogP contribution in [0.3, 0.4) is 0 Å². The maximum absolute atomic E-state index is 13.2. The van der Waals surface area contributed by atoms with E-state index in [0.717, 1.165) is 50.9 Å². The highest BCUT2D eigenvalue weighted by Crippen LogP contribution is 2.32. The molecule has 2 aliphatic rings. The van der Waals surface area contributed by atoms with E-state index in [2.05, 4.69) is 10.2 Å². The van der Waals surface area contributed by atoms with E-state index in [1.54, 1.807) is 28.6 Å². The third kappa shape index (κ3) is 5.10. The Morgan fingerprint density at radius 3 is 2.06 bits per heavy atom. The number of nitrogens with zero attached hydrogens (tertiary/aromatic N) is 2. The van der Waals surface area contributed by atoms with Gasteiger partial charge in [0, 0.05) is 31.7 Å². The second kappa shape index (κ2) is 9.83. The SMILES string of the molecule is O=C(Nc1cc(S(=O)(=O)N2CCCCC2)ccc1N1CCCCCC1)c1ccccc1. The number of hydrogen-bond donors (Lipinski definition) is 1. The molecule has 2 heterocycles. The number of amides is 1. The highest BCUT2D eigenvalue weighted by molar-refractivity contribution is 7.89. The lowest BCUT2D eigenvalue weighted by atomic mass is 10.2. The Balaban J connectivity index is 1.68. The van der Waals surface area contributed by atoms with Crippen molar-refractivity contribution in [3.8, 4) is 0 Å². The monoisotopic (exact) mass is 441 g/mol. The van der Waals surface area contributed by atoms with Gasteiger partial charge in [-0.05, 0) is 56.0 Å². The van der Waals surface area contributed by atoms with Gasteiger partial charge < -0.3 is 10.2 Å². The standard InChI is InChI=1S/C24H31N3O3S/c28-24(20-11-5-3-6-12-20)25-22-19-21(31(29,30)27-17-9-4-10-18-27)13-14-23(22)26-15-7-1-2-8-16-26/h3,5-6,11-14,19H,1-2,4,7-10,15-18H2,(H,25,28). The van der Waals surface area contributed by atoms with Crippen LogP contribution in [0.1, 0.15) is 55.3 Å². The first-order valence-corrected chi connectivity index (χ1v) is 12.8. The number of carbonyl (C=O) groups excluding carboxylic acids is 1. The zero-order valence-corrected chi connectivity index (χ0v) is 18.7. The summed E-state index contributed by atoms with van der Waals surface area (Å²) in [6.07, 6.45) is 7.44. The number of rotatable bonds is 5. The Labute approximate surface area is 185 Å². The third-order valence-corrected chi connectivity index (χ3v) is 8.05. The minimum atomic E-state index is -3.58. The van der Waals surface area contributed by atoms with E-state index in [9.17, 15) is 13.2 Å². The molecule has 6 nitrogen and oxygen atoms in total. The molecule has 4 rings (SSSR count). The first kappa shape index (κ1) is 21.8. The fraction of sp³-hybridized carbons (Fsp3) is 0.458. The second-order valence-electron chi connectivity index (χ2n) is 8.37. The van der Waals surface area contributed by atoms with Crippen LogP contribution >= 0.6 is 0 Å². The molecule has 0 aliphatic carbocycles. The Morgan fingerprint density at radius 1 is 0.774 bits per heavy atom. The number of anilines is 2. The molecule has 2 saturated heterocycles. The molecule has 0 atom stereocenters. The molecule has 2 aromatic rings. The molecule has 2 fully saturated rings. The molecule has 0 bridgehead atoms. The number of sulfonamides is 1. The quantitative estimate of drug-likeness (QED) is 0.742. The van der Waals surface area contributed by atoms with Gasteiger partial charge in [-0.1, -0.05) is 37.5 Å². The van der Waals surface area contributed by atoms with Crippen molar-refractivity contribution in [1.82, 2.24) is 4.31 Å². The number of carbonyl (C=O) groups is 1. The molecular weight excluding hydrogens is 410 g/mol. The molecule has 166 valence electrons. The number of hydrogen-bond acceptors (Lipinski definition) is 4. The molecule has 31 heavy (non-hydrogen) atoms. The van der Waals surface area contributed by atoms with Crippen LogP contribution in [0.5, 0.6) is 0 Å². The molecule has 2 aromatic carbocycles. The summed E-state index contributed by atoms with van der Waals surface area (Å²) in [4.78, 5) is 15.4. The van der Waals surface area contributed by atoms with E-state index >= 15 is 0 Å². The summed E-state index contributed by atoms with van der Waals surface area (Å²) in [6, 6.07) is 14.2. The van der Waals surface area contributed by atoms with Crippen LogP contribution in [-0.2, 0) is 10.0 Å². The topological polar surface area (TPSA) is 69.7 Å². The molecule has 1 amide bonds. The first-order valence-electron chi connectivity index (χ1n) is 11.3. The summed E-state index contributed by atoms with van der Waals surface area (Å²) in [5.41, 5.74) is 2.01. The highest BCUT2D eigenvalue weighted by atomic mass is 32.2. The van der Waals surface area contributed by atoms with Gasteiger partial charge in [-0.25, -0.2) is 8.42 Å². The van der Waals surface area contributed by atoms with E-state index in [4.69, 9.17) is 0 Å². The maximum Gasteiger partial charge on any atom is 0.255 e. The first-order chi connectivity index (χ1) is 15.1. The Bertz CT molecular complexity index is 994. The van der Waals surface area contributed by atoms with Gasteiger partial charge >= 0.3 is 0 Å². The summed E-state index contributed by atoms with van der Waals surface area (Å²) >= 11 is 0. The highest BCUT2D eigenvalue weighted by Gasteiger charge is 2.27. The minimum Gasteiger partial charge on any atom is -0.370 e. The van der Waals surface area contributed by atoms with E-state index in [1.807, 2.05) is 24.3 Å². The van der Waals surface area contributed by atoms with Crippen molar-refractivity contribution < 1.29 is 13.2 Å². The van der Waals surface area contributed by atoms with Crippen molar-refractivity contribution in [2.75, 3.05) is 36.4 Å². The van der Waals surface area contributed by atoms with Gasteiger partial charge in [0.1, 0.15) is 0 Å². The van der Waals surface area contributed by atoms with Gasteiger partial charge in [0.25, 0.3) is 5.91 Å². The summed E-state index contributed by atoms with van der Waals surface area (Å²) in [5.74, 6) is -0.232. The fourth-order valence-electron chi connectivity index (χ4n) is 4.40. The summed E-state index contributed by atoms with van der Waals surface area (Å²) < 4.78 is 28.0. The Kier molecular flexibility index (Phi) is 6.92. The van der Waals surface area contributed by atoms with Gasteiger partial charge in [-0.15, -0.1) is 0 Å². The molecule has 2 aliphatic heterocycles. The minimum absolute atomic E-state index is 0.232. The van der Waals surface area contributed by atoms with Crippen LogP contribution in [0, 0.1) is 0 Å². The van der Waals surface area contributed by atoms with E-state index in [1.165, 1.54) is 12.8 Å². The molecule has 0 aromatic heterocycles. The average molecular weight is 442 g/mol. The predicted octanol–water partition coefficient (Wildman–Crippen LogP) is 4.49. The van der Waals surface area contributed by atoms with Crippen molar-refractivity contribution in [3.05, 3.63) is 54.1 Å². The summed E-state index contributed by atoms with van der Waals surface area (Å²) in [7, 11) is -3.58. The Hall–Kier alpha value is -2.38. The lowest BCUT2D eigenvalue weighted by Gasteiger charge is -2.28. The number of piperidine rings is 1. The molecule has 7 heteroatoms. The lowest BCUT2D eigenvalue weighted by molar-refractivity contribution is 0.102. The van der Waals surface area contributed by atoms with Crippen LogP contribution in [-0.4, -0.2) is 44.8 Å². The third-order valence-electron chi connectivity index (χ3n) is 6.15. The van der Waals surface area contributed by atoms with E-state index < -0.39 is 10.0 Å². The van der Waals surface area contributed by atoms with Gasteiger partial charge in [-0.2, -0.15) is 4.31 Å². The van der Waals surface area contributed by atoms with Gasteiger partial charge in [0.05, 0.1) is 16.3 Å². The van der Waals surface area contributed by atoms with E-state index in [0.29, 0.717) is 24.3 Å². The largest absolute Gasteiger partial charge is 0.370 e. The van der Waals surface area contributed by atoms with Crippen molar-refractivity contribution >= 4 is 27.3 Å². The Morgan fingerprint density at radius 2 is 1.39 bits per heavy atom. The van der Waals surface area contributed by atoms with Crippen molar-refractivity contribution in [2.24, 2.45) is 0 Å². The molecular formula is C24H31N3O3S. The predicted molar refractivity (Wildman–Crippen MR) is 124 cm³/mol. The molecule has 0 saturated carbocycles. The number of nitrogens with one attached hydrogen (secondary N) is 1. The smallest absolute Gasteiger partial charge is 0.255 e. The summed E-state index contributed by atoms with van der Waals surface area (Å²) in [6.45, 7) is 2.93. The van der Waals surface area contributed by atoms with E-state index in [-0.39, 0.29) is 10.8 Å². The molecule has 1 N–H and O–H groups in total. The lowest BCUT2D eigenvalue weighted by Crippen LogP contribution is -2.35. The van der Waals surface area contributed by atoms with Crippen LogP contribution < -0.4 is 10.2 Å². The molecule has 0 unspecified atom stereocenters. The summed E-state index contributed by atoms with van der Waals surface area (Å²) in [5, 5.41) is 3.00. The number of benzene rings is 2. The van der Waals surface area contributed by atoms with Crippen LogP contribution in [0.4, 0.5) is 11.4 Å². The fourth-order valence-corrected chi connectivity index (χ4v) is 5.95.